The average Bonchev–Trinajstić information content (AvgIpc) is 2.40. The lowest BCUT2D eigenvalue weighted by atomic mass is 10.00. The van der Waals surface area contributed by atoms with Crippen molar-refractivity contribution in [2.75, 3.05) is 46.9 Å². The number of hydrogen-bond acceptors (Lipinski definition) is 5. The normalized spacial score (nSPS) is 25.0. The van der Waals surface area contributed by atoms with Gasteiger partial charge in [0.1, 0.15) is 5.54 Å². The van der Waals surface area contributed by atoms with E-state index in [-0.39, 0.29) is 5.97 Å². The molecule has 1 aliphatic heterocycles. The molecule has 0 spiro atoms. The highest BCUT2D eigenvalue weighted by atomic mass is 16.5. The number of rotatable bonds is 6. The van der Waals surface area contributed by atoms with E-state index in [1.165, 1.54) is 7.11 Å². The highest BCUT2D eigenvalue weighted by molar-refractivity contribution is 5.80. The minimum Gasteiger partial charge on any atom is -0.468 e. The third-order valence-corrected chi connectivity index (χ3v) is 4.08. The van der Waals surface area contributed by atoms with Gasteiger partial charge in [0, 0.05) is 32.2 Å². The lowest BCUT2D eigenvalue weighted by Gasteiger charge is -2.42. The quantitative estimate of drug-likeness (QED) is 0.715. The predicted octanol–water partition coefficient (Wildman–Crippen LogP) is 0.554. The average molecular weight is 271 g/mol. The van der Waals surface area contributed by atoms with E-state index in [1.54, 1.807) is 0 Å². The molecular weight excluding hydrogens is 242 g/mol. The van der Waals surface area contributed by atoms with Crippen molar-refractivity contribution in [1.82, 2.24) is 15.1 Å². The molecular formula is C14H29N3O2. The number of piperazine rings is 1. The molecule has 0 aliphatic carbocycles. The van der Waals surface area contributed by atoms with Crippen LogP contribution in [-0.4, -0.2) is 74.2 Å². The molecule has 0 saturated carbocycles. The van der Waals surface area contributed by atoms with Crippen molar-refractivity contribution in [3.63, 3.8) is 0 Å². The van der Waals surface area contributed by atoms with Gasteiger partial charge in [0.15, 0.2) is 0 Å². The van der Waals surface area contributed by atoms with E-state index in [9.17, 15) is 4.79 Å². The Hall–Kier alpha value is -0.650. The van der Waals surface area contributed by atoms with Crippen molar-refractivity contribution in [1.29, 1.82) is 0 Å². The Morgan fingerprint density at radius 3 is 2.63 bits per heavy atom. The minimum atomic E-state index is -0.613. The zero-order valence-electron chi connectivity index (χ0n) is 13.0. The Morgan fingerprint density at radius 2 is 2.11 bits per heavy atom. The van der Waals surface area contributed by atoms with Crippen LogP contribution in [0.25, 0.3) is 0 Å². The van der Waals surface area contributed by atoms with Gasteiger partial charge in [-0.3, -0.25) is 9.69 Å². The maximum atomic E-state index is 12.0. The molecule has 0 bridgehead atoms. The van der Waals surface area contributed by atoms with Gasteiger partial charge >= 0.3 is 5.97 Å². The van der Waals surface area contributed by atoms with Crippen molar-refractivity contribution in [2.24, 2.45) is 0 Å². The van der Waals surface area contributed by atoms with Crippen LogP contribution in [-0.2, 0) is 9.53 Å². The van der Waals surface area contributed by atoms with Gasteiger partial charge in [-0.25, -0.2) is 0 Å². The molecule has 5 heteroatoms. The van der Waals surface area contributed by atoms with E-state index < -0.39 is 5.54 Å². The molecule has 0 aromatic heterocycles. The second kappa shape index (κ2) is 7.22. The van der Waals surface area contributed by atoms with Crippen molar-refractivity contribution in [2.45, 2.75) is 38.8 Å². The summed E-state index contributed by atoms with van der Waals surface area (Å²) in [5, 5.41) is 3.27. The summed E-state index contributed by atoms with van der Waals surface area (Å²) in [5.41, 5.74) is -0.613. The number of nitrogens with one attached hydrogen (secondary N) is 1. The number of ether oxygens (including phenoxy) is 1. The minimum absolute atomic E-state index is 0.179. The topological polar surface area (TPSA) is 44.8 Å². The Morgan fingerprint density at radius 1 is 1.42 bits per heavy atom. The van der Waals surface area contributed by atoms with Gasteiger partial charge < -0.3 is 15.0 Å². The largest absolute Gasteiger partial charge is 0.468 e. The first-order chi connectivity index (χ1) is 8.96. The van der Waals surface area contributed by atoms with Gasteiger partial charge in [0.05, 0.1) is 7.11 Å². The second-order valence-electron chi connectivity index (χ2n) is 5.63. The van der Waals surface area contributed by atoms with Crippen LogP contribution in [0, 0.1) is 0 Å². The molecule has 19 heavy (non-hydrogen) atoms. The van der Waals surface area contributed by atoms with Gasteiger partial charge in [0.2, 0.25) is 0 Å². The highest BCUT2D eigenvalue weighted by Crippen LogP contribution is 2.15. The van der Waals surface area contributed by atoms with Gasteiger partial charge in [-0.05, 0) is 26.9 Å². The smallest absolute Gasteiger partial charge is 0.327 e. The SMILES string of the molecule is CCNC(C)(CN1CCN(C)C(CC)C1)C(=O)OC. The number of carbonyl (C=O) groups is 1. The van der Waals surface area contributed by atoms with Crippen LogP contribution in [0.1, 0.15) is 27.2 Å². The van der Waals surface area contributed by atoms with Gasteiger partial charge in [-0.2, -0.15) is 0 Å². The van der Waals surface area contributed by atoms with Crippen LogP contribution < -0.4 is 5.32 Å². The molecule has 0 aromatic rings. The molecule has 112 valence electrons. The summed E-state index contributed by atoms with van der Waals surface area (Å²) in [6.45, 7) is 10.7. The number of nitrogens with zero attached hydrogens (tertiary/aromatic N) is 2. The van der Waals surface area contributed by atoms with Gasteiger partial charge in [-0.1, -0.05) is 13.8 Å². The Balaban J connectivity index is 2.67. The fourth-order valence-corrected chi connectivity index (χ4v) is 2.85. The van der Waals surface area contributed by atoms with E-state index in [1.807, 2.05) is 13.8 Å². The van der Waals surface area contributed by atoms with Crippen LogP contribution in [0.3, 0.4) is 0 Å². The lowest BCUT2D eigenvalue weighted by Crippen LogP contribution is -2.61. The molecule has 1 rings (SSSR count). The van der Waals surface area contributed by atoms with E-state index >= 15 is 0 Å². The molecule has 1 aliphatic rings. The zero-order chi connectivity index (χ0) is 14.5. The van der Waals surface area contributed by atoms with E-state index in [0.717, 1.165) is 32.6 Å². The van der Waals surface area contributed by atoms with Crippen molar-refractivity contribution < 1.29 is 9.53 Å². The summed E-state index contributed by atoms with van der Waals surface area (Å²) >= 11 is 0. The van der Waals surface area contributed by atoms with Crippen LogP contribution in [0.2, 0.25) is 0 Å². The molecule has 5 nitrogen and oxygen atoms in total. The Kier molecular flexibility index (Phi) is 6.23. The number of methoxy groups -OCH3 is 1. The molecule has 0 radical (unpaired) electrons. The van der Waals surface area contributed by atoms with Gasteiger partial charge in [0.25, 0.3) is 0 Å². The highest BCUT2D eigenvalue weighted by Gasteiger charge is 2.37. The molecule has 1 N–H and O–H groups in total. The van der Waals surface area contributed by atoms with Gasteiger partial charge in [-0.15, -0.1) is 0 Å². The fraction of sp³-hybridized carbons (Fsp3) is 0.929. The summed E-state index contributed by atoms with van der Waals surface area (Å²) in [4.78, 5) is 16.8. The number of likely N-dealkylation sites (N-methyl/N-ethyl adjacent to an activating group) is 2. The maximum absolute atomic E-state index is 12.0. The summed E-state index contributed by atoms with van der Waals surface area (Å²) in [6, 6.07) is 0.581. The van der Waals surface area contributed by atoms with Crippen LogP contribution in [0.5, 0.6) is 0 Å². The summed E-state index contributed by atoms with van der Waals surface area (Å²) < 4.78 is 4.95. The molecule has 0 amide bonds. The molecule has 2 unspecified atom stereocenters. The first-order valence-electron chi connectivity index (χ1n) is 7.22. The van der Waals surface area contributed by atoms with Crippen LogP contribution in [0.15, 0.2) is 0 Å². The number of esters is 1. The zero-order valence-corrected chi connectivity index (χ0v) is 13.0. The maximum Gasteiger partial charge on any atom is 0.327 e. The first kappa shape index (κ1) is 16.4. The standard InChI is InChI=1S/C14H29N3O2/c1-6-12-10-17(9-8-16(12)4)11-14(3,15-7-2)13(18)19-5/h12,15H,6-11H2,1-5H3. The number of hydrogen-bond donors (Lipinski definition) is 1. The molecule has 1 heterocycles. The van der Waals surface area contributed by atoms with Crippen molar-refractivity contribution >= 4 is 5.97 Å². The fourth-order valence-electron chi connectivity index (χ4n) is 2.85. The van der Waals surface area contributed by atoms with Crippen molar-refractivity contribution in [3.8, 4) is 0 Å². The monoisotopic (exact) mass is 271 g/mol. The van der Waals surface area contributed by atoms with E-state index in [4.69, 9.17) is 4.74 Å². The van der Waals surface area contributed by atoms with Crippen LogP contribution >= 0.6 is 0 Å². The van der Waals surface area contributed by atoms with Crippen molar-refractivity contribution in [3.05, 3.63) is 0 Å². The third-order valence-electron chi connectivity index (χ3n) is 4.08. The Bertz CT molecular complexity index is 298. The van der Waals surface area contributed by atoms with E-state index in [0.29, 0.717) is 12.6 Å². The molecule has 0 aromatic carbocycles. The Labute approximate surface area is 117 Å². The molecule has 2 atom stereocenters. The van der Waals surface area contributed by atoms with E-state index in [2.05, 4.69) is 29.1 Å². The summed E-state index contributed by atoms with van der Waals surface area (Å²) in [7, 11) is 3.63. The summed E-state index contributed by atoms with van der Waals surface area (Å²) in [5.74, 6) is -0.179. The number of carbonyl (C=O) groups excluding carboxylic acids is 1. The molecule has 1 fully saturated rings. The second-order valence-corrected chi connectivity index (χ2v) is 5.63. The lowest BCUT2D eigenvalue weighted by molar-refractivity contribution is -0.149. The van der Waals surface area contributed by atoms with Crippen LogP contribution in [0.4, 0.5) is 0 Å². The summed E-state index contributed by atoms with van der Waals surface area (Å²) in [6.07, 6.45) is 1.14. The molecule has 1 saturated heterocycles. The third kappa shape index (κ3) is 4.16. The predicted molar refractivity (Wildman–Crippen MR) is 77.2 cm³/mol. The first-order valence-corrected chi connectivity index (χ1v) is 7.22.